The molecule has 22 heavy (non-hydrogen) atoms. The van der Waals surface area contributed by atoms with Crippen LogP contribution < -0.4 is 5.32 Å². The van der Waals surface area contributed by atoms with E-state index in [9.17, 15) is 14.7 Å². The number of rotatable bonds is 2. The van der Waals surface area contributed by atoms with Crippen LogP contribution in [0.5, 0.6) is 0 Å². The molecule has 6 heteroatoms. The average Bonchev–Trinajstić information content (AvgIpc) is 2.47. The number of Topliss-reactive ketones (excluding diaryl/α,β-unsaturated/α-hetero) is 1. The number of benzene rings is 1. The number of urea groups is 1. The van der Waals surface area contributed by atoms with Crippen molar-refractivity contribution in [3.63, 3.8) is 0 Å². The fourth-order valence-corrected chi connectivity index (χ4v) is 3.81. The van der Waals surface area contributed by atoms with Crippen molar-refractivity contribution < 1.29 is 14.7 Å². The summed E-state index contributed by atoms with van der Waals surface area (Å²) >= 11 is 5.91. The van der Waals surface area contributed by atoms with Crippen molar-refractivity contribution in [2.24, 2.45) is 5.92 Å². The zero-order valence-corrected chi connectivity index (χ0v) is 13.1. The van der Waals surface area contributed by atoms with Gasteiger partial charge in [-0.15, -0.1) is 0 Å². The predicted molar refractivity (Wildman–Crippen MR) is 82.4 cm³/mol. The van der Waals surface area contributed by atoms with Crippen molar-refractivity contribution in [1.29, 1.82) is 0 Å². The van der Waals surface area contributed by atoms with Gasteiger partial charge in [-0.05, 0) is 37.5 Å². The van der Waals surface area contributed by atoms with Crippen LogP contribution in [0.15, 0.2) is 24.3 Å². The highest BCUT2D eigenvalue weighted by Gasteiger charge is 2.56. The molecule has 0 radical (unpaired) electrons. The molecule has 1 aliphatic carbocycles. The minimum absolute atomic E-state index is 0.00727. The van der Waals surface area contributed by atoms with E-state index in [1.807, 2.05) is 0 Å². The number of halogens is 1. The van der Waals surface area contributed by atoms with E-state index in [1.54, 1.807) is 31.2 Å². The van der Waals surface area contributed by atoms with Crippen LogP contribution in [0.3, 0.4) is 0 Å². The number of hydrogen-bond donors (Lipinski definition) is 2. The third kappa shape index (κ3) is 2.29. The van der Waals surface area contributed by atoms with Gasteiger partial charge >= 0.3 is 6.03 Å². The second-order valence-electron chi connectivity index (χ2n) is 5.90. The molecule has 2 fully saturated rings. The summed E-state index contributed by atoms with van der Waals surface area (Å²) < 4.78 is 0. The summed E-state index contributed by atoms with van der Waals surface area (Å²) in [6.45, 7) is 2.16. The Morgan fingerprint density at radius 2 is 2.05 bits per heavy atom. The van der Waals surface area contributed by atoms with Crippen molar-refractivity contribution in [2.75, 3.05) is 6.54 Å². The normalized spacial score (nSPS) is 31.7. The van der Waals surface area contributed by atoms with Gasteiger partial charge in [0, 0.05) is 18.0 Å². The van der Waals surface area contributed by atoms with E-state index in [2.05, 4.69) is 5.32 Å². The Kier molecular flexibility index (Phi) is 3.87. The summed E-state index contributed by atoms with van der Waals surface area (Å²) in [5.74, 6) is -0.660. The first-order chi connectivity index (χ1) is 10.5. The molecule has 5 nitrogen and oxygen atoms in total. The molecular formula is C16H19ClN2O3. The van der Waals surface area contributed by atoms with Crippen molar-refractivity contribution in [1.82, 2.24) is 10.2 Å². The molecule has 3 rings (SSSR count). The lowest BCUT2D eigenvalue weighted by Gasteiger charge is -2.52. The molecule has 118 valence electrons. The maximum atomic E-state index is 12.5. The Bertz CT molecular complexity index is 602. The molecule has 1 aliphatic heterocycles. The molecular weight excluding hydrogens is 304 g/mol. The smallest absolute Gasteiger partial charge is 0.320 e. The summed E-state index contributed by atoms with van der Waals surface area (Å²) in [7, 11) is 0. The van der Waals surface area contributed by atoms with Crippen LogP contribution in [-0.4, -0.2) is 34.1 Å². The first-order valence-corrected chi connectivity index (χ1v) is 7.94. The maximum Gasteiger partial charge on any atom is 0.320 e. The predicted octanol–water partition coefficient (Wildman–Crippen LogP) is 2.48. The Hall–Kier alpha value is -1.59. The van der Waals surface area contributed by atoms with E-state index < -0.39 is 17.7 Å². The second-order valence-corrected chi connectivity index (χ2v) is 6.34. The zero-order valence-electron chi connectivity index (χ0n) is 12.4. The first-order valence-electron chi connectivity index (χ1n) is 7.56. The van der Waals surface area contributed by atoms with Gasteiger partial charge in [0.05, 0.1) is 12.0 Å². The lowest BCUT2D eigenvalue weighted by atomic mass is 9.72. The molecule has 0 aromatic heterocycles. The van der Waals surface area contributed by atoms with E-state index in [1.165, 1.54) is 4.90 Å². The van der Waals surface area contributed by atoms with Crippen molar-refractivity contribution in [3.8, 4) is 0 Å². The minimum atomic E-state index is -1.41. The molecule has 3 atom stereocenters. The zero-order chi connectivity index (χ0) is 15.9. The van der Waals surface area contributed by atoms with E-state index in [4.69, 9.17) is 11.6 Å². The van der Waals surface area contributed by atoms with Gasteiger partial charge in [0.2, 0.25) is 0 Å². The summed E-state index contributed by atoms with van der Waals surface area (Å²) in [6.07, 6.45) is 1.46. The summed E-state index contributed by atoms with van der Waals surface area (Å²) in [5.41, 5.74) is -0.622. The number of carbonyl (C=O) groups excluding carboxylic acids is 2. The Morgan fingerprint density at radius 3 is 2.68 bits per heavy atom. The molecule has 2 N–H and O–H groups in total. The van der Waals surface area contributed by atoms with E-state index in [0.29, 0.717) is 30.8 Å². The van der Waals surface area contributed by atoms with Crippen LogP contribution >= 0.6 is 11.6 Å². The molecule has 1 saturated heterocycles. The second kappa shape index (κ2) is 5.56. The van der Waals surface area contributed by atoms with Crippen LogP contribution in [0.2, 0.25) is 5.02 Å². The van der Waals surface area contributed by atoms with Gasteiger partial charge in [-0.3, -0.25) is 9.69 Å². The van der Waals surface area contributed by atoms with E-state index in [0.717, 1.165) is 5.56 Å². The van der Waals surface area contributed by atoms with Crippen LogP contribution in [0.4, 0.5) is 4.79 Å². The summed E-state index contributed by atoms with van der Waals surface area (Å²) in [5, 5.41) is 14.6. The SMILES string of the molecule is CCN1C(=O)NC(c2ccc(Cl)cc2)C2C(=O)CCCC21O. The number of fused-ring (bicyclic) bond motifs is 1. The van der Waals surface area contributed by atoms with Gasteiger partial charge in [-0.25, -0.2) is 4.79 Å². The Morgan fingerprint density at radius 1 is 1.36 bits per heavy atom. The van der Waals surface area contributed by atoms with Gasteiger partial charge in [0.15, 0.2) is 5.72 Å². The molecule has 1 aromatic carbocycles. The van der Waals surface area contributed by atoms with Gasteiger partial charge < -0.3 is 10.4 Å². The third-order valence-corrected chi connectivity index (χ3v) is 4.94. The number of nitrogens with zero attached hydrogens (tertiary/aromatic N) is 1. The van der Waals surface area contributed by atoms with Crippen molar-refractivity contribution in [3.05, 3.63) is 34.9 Å². The standard InChI is InChI=1S/C16H19ClN2O3/c1-2-19-15(21)18-14(10-5-7-11(17)8-6-10)13-12(20)4-3-9-16(13,19)22/h5-8,13-14,22H,2-4,9H2,1H3,(H,18,21). The molecule has 0 bridgehead atoms. The number of amides is 2. The fourth-order valence-electron chi connectivity index (χ4n) is 3.68. The number of nitrogens with one attached hydrogen (secondary N) is 1. The number of carbonyl (C=O) groups is 2. The number of aliphatic hydroxyl groups is 1. The van der Waals surface area contributed by atoms with Gasteiger partial charge in [-0.2, -0.15) is 0 Å². The van der Waals surface area contributed by atoms with Gasteiger partial charge in [0.1, 0.15) is 5.78 Å². The molecule has 2 aliphatic rings. The number of ketones is 1. The third-order valence-electron chi connectivity index (χ3n) is 4.68. The Labute approximate surface area is 134 Å². The van der Waals surface area contributed by atoms with E-state index >= 15 is 0 Å². The quantitative estimate of drug-likeness (QED) is 0.879. The highest BCUT2D eigenvalue weighted by atomic mass is 35.5. The van der Waals surface area contributed by atoms with Crippen molar-refractivity contribution in [2.45, 2.75) is 38.0 Å². The van der Waals surface area contributed by atoms with Crippen molar-refractivity contribution >= 4 is 23.4 Å². The topological polar surface area (TPSA) is 69.6 Å². The monoisotopic (exact) mass is 322 g/mol. The summed E-state index contributed by atoms with van der Waals surface area (Å²) in [6, 6.07) is 6.17. The van der Waals surface area contributed by atoms with Crippen LogP contribution in [0.1, 0.15) is 37.8 Å². The van der Waals surface area contributed by atoms with Gasteiger partial charge in [0.25, 0.3) is 0 Å². The molecule has 1 aromatic rings. The molecule has 2 amide bonds. The van der Waals surface area contributed by atoms with E-state index in [-0.39, 0.29) is 11.8 Å². The summed E-state index contributed by atoms with van der Waals surface area (Å²) in [4.78, 5) is 26.2. The van der Waals surface area contributed by atoms with Crippen LogP contribution in [-0.2, 0) is 4.79 Å². The lowest BCUT2D eigenvalue weighted by Crippen LogP contribution is -2.69. The molecule has 0 spiro atoms. The molecule has 3 unspecified atom stereocenters. The van der Waals surface area contributed by atoms with Gasteiger partial charge in [-0.1, -0.05) is 23.7 Å². The average molecular weight is 323 g/mol. The molecule has 1 heterocycles. The first kappa shape index (κ1) is 15.3. The Balaban J connectivity index is 2.05. The highest BCUT2D eigenvalue weighted by Crippen LogP contribution is 2.44. The lowest BCUT2D eigenvalue weighted by molar-refractivity contribution is -0.177. The fraction of sp³-hybridized carbons (Fsp3) is 0.500. The largest absolute Gasteiger partial charge is 0.370 e. The highest BCUT2D eigenvalue weighted by molar-refractivity contribution is 6.30. The number of hydrogen-bond acceptors (Lipinski definition) is 3. The maximum absolute atomic E-state index is 12.5. The molecule has 1 saturated carbocycles. The minimum Gasteiger partial charge on any atom is -0.370 e. The van der Waals surface area contributed by atoms with Crippen LogP contribution in [0.25, 0.3) is 0 Å². The van der Waals surface area contributed by atoms with Crippen LogP contribution in [0, 0.1) is 5.92 Å².